The van der Waals surface area contributed by atoms with E-state index >= 15 is 0 Å². The monoisotopic (exact) mass is 675 g/mol. The summed E-state index contributed by atoms with van der Waals surface area (Å²) in [5.74, 6) is 1.57. The van der Waals surface area contributed by atoms with Crippen molar-refractivity contribution in [2.75, 3.05) is 64.8 Å². The Morgan fingerprint density at radius 1 is 1.04 bits per heavy atom. The summed E-state index contributed by atoms with van der Waals surface area (Å²) in [7, 11) is -0.453. The molecule has 2 amide bonds. The summed E-state index contributed by atoms with van der Waals surface area (Å²) < 4.78 is 25.8. The molecule has 0 bridgehead atoms. The molecule has 2 aromatic carbocycles. The van der Waals surface area contributed by atoms with Crippen LogP contribution in [0.2, 0.25) is 0 Å². The molecule has 0 spiro atoms. The number of nitrogens with one attached hydrogen (secondary N) is 2. The third kappa shape index (κ3) is 6.61. The van der Waals surface area contributed by atoms with Crippen LogP contribution in [0.3, 0.4) is 0 Å². The lowest BCUT2D eigenvalue weighted by Crippen LogP contribution is -2.60. The van der Waals surface area contributed by atoms with Gasteiger partial charge < -0.3 is 26.2 Å². The van der Waals surface area contributed by atoms with Crippen LogP contribution < -0.4 is 21.3 Å². The fourth-order valence-electron chi connectivity index (χ4n) is 9.24. The van der Waals surface area contributed by atoms with E-state index < -0.39 is 9.84 Å². The standard InChI is InChI=1S/C37H53N7O3S/c1-4-42-25-28-8-5-6-9-33(28)37(26-42,34-10-7-11-35(34)41-36(45)40-3)29-16-18-43(19-17-29)22-27-23-44(24-27)30-12-14-31(15-13-30)48(46,47)32(20-38)21-39-2/h5-6,8-9,12-15,20-21,27,29,34-35H,4,7,10-11,16-19,22-26,38H2,1-3H3,(H2,40,41,45)/t34-,35-,37?/m0/s1. The van der Waals surface area contributed by atoms with Crippen LogP contribution >= 0.6 is 0 Å². The number of urea groups is 1. The number of aliphatic imine (C=N–C) groups is 1. The topological polar surface area (TPSA) is 123 Å². The Bertz CT molecular complexity index is 1600. The molecule has 2 aromatic rings. The summed E-state index contributed by atoms with van der Waals surface area (Å²) >= 11 is 0. The van der Waals surface area contributed by atoms with Crippen molar-refractivity contribution in [2.24, 2.45) is 28.5 Å². The maximum absolute atomic E-state index is 12.9. The van der Waals surface area contributed by atoms with E-state index in [9.17, 15) is 13.2 Å². The van der Waals surface area contributed by atoms with Gasteiger partial charge in [0.1, 0.15) is 4.91 Å². The van der Waals surface area contributed by atoms with Crippen LogP contribution in [0.15, 0.2) is 69.5 Å². The molecule has 48 heavy (non-hydrogen) atoms. The zero-order chi connectivity index (χ0) is 33.9. The van der Waals surface area contributed by atoms with Crippen molar-refractivity contribution in [1.29, 1.82) is 0 Å². The third-order valence-electron chi connectivity index (χ3n) is 11.6. The number of likely N-dealkylation sites (tertiary alicyclic amines) is 1. The van der Waals surface area contributed by atoms with E-state index in [1.54, 1.807) is 19.2 Å². The summed E-state index contributed by atoms with van der Waals surface area (Å²) in [4.78, 5) is 24.2. The lowest BCUT2D eigenvalue weighted by molar-refractivity contribution is 0.0288. The number of anilines is 1. The summed E-state index contributed by atoms with van der Waals surface area (Å²) in [5, 5.41) is 6.18. The highest BCUT2D eigenvalue weighted by atomic mass is 32.2. The number of carbonyl (C=O) groups is 1. The second kappa shape index (κ2) is 14.6. The van der Waals surface area contributed by atoms with Gasteiger partial charge in [0.15, 0.2) is 0 Å². The van der Waals surface area contributed by atoms with Crippen LogP contribution in [0.25, 0.3) is 0 Å². The molecule has 4 aliphatic rings. The van der Waals surface area contributed by atoms with Crippen molar-refractivity contribution >= 4 is 27.8 Å². The van der Waals surface area contributed by atoms with Crippen molar-refractivity contribution in [1.82, 2.24) is 20.4 Å². The van der Waals surface area contributed by atoms with Crippen molar-refractivity contribution in [3.8, 4) is 0 Å². The van der Waals surface area contributed by atoms with Gasteiger partial charge in [-0.25, -0.2) is 13.2 Å². The first-order valence-corrected chi connectivity index (χ1v) is 19.2. The summed E-state index contributed by atoms with van der Waals surface area (Å²) in [6.45, 7) is 10.6. The smallest absolute Gasteiger partial charge is 0.314 e. The Morgan fingerprint density at radius 3 is 2.44 bits per heavy atom. The van der Waals surface area contributed by atoms with Crippen molar-refractivity contribution in [2.45, 2.75) is 61.9 Å². The fraction of sp³-hybridized carbons (Fsp3) is 0.568. The van der Waals surface area contributed by atoms with Crippen molar-refractivity contribution < 1.29 is 13.2 Å². The zero-order valence-electron chi connectivity index (χ0n) is 28.8. The number of likely N-dealkylation sites (N-methyl/N-ethyl adjacent to an activating group) is 1. The Hall–Kier alpha value is -3.41. The van der Waals surface area contributed by atoms with Gasteiger partial charge in [-0.1, -0.05) is 37.6 Å². The molecule has 4 N–H and O–H groups in total. The third-order valence-corrected chi connectivity index (χ3v) is 13.4. The molecule has 260 valence electrons. The fourth-order valence-corrected chi connectivity index (χ4v) is 10.4. The number of piperidine rings is 1. The number of carbonyl (C=O) groups excluding carboxylic acids is 1. The molecule has 10 nitrogen and oxygen atoms in total. The number of hydrogen-bond donors (Lipinski definition) is 3. The van der Waals surface area contributed by atoms with Crippen LogP contribution in [-0.2, 0) is 21.8 Å². The van der Waals surface area contributed by atoms with Gasteiger partial charge in [0.25, 0.3) is 0 Å². The van der Waals surface area contributed by atoms with Gasteiger partial charge in [-0.05, 0) is 92.5 Å². The Balaban J connectivity index is 1.11. The summed E-state index contributed by atoms with van der Waals surface area (Å²) in [5.41, 5.74) is 9.62. The van der Waals surface area contributed by atoms with Gasteiger partial charge in [0.2, 0.25) is 9.84 Å². The van der Waals surface area contributed by atoms with Crippen LogP contribution in [0.1, 0.15) is 50.2 Å². The second-order valence-electron chi connectivity index (χ2n) is 14.2. The maximum Gasteiger partial charge on any atom is 0.314 e. The highest BCUT2D eigenvalue weighted by Crippen LogP contribution is 2.53. The number of amides is 2. The molecule has 0 aromatic heterocycles. The molecule has 2 saturated heterocycles. The van der Waals surface area contributed by atoms with Gasteiger partial charge in [-0.2, -0.15) is 0 Å². The SMILES string of the molecule is CCN1Cc2ccccc2C(C2CCN(CC3CN(c4ccc(S(=O)(=O)C(C=NC)=CN)cc4)C3)CC2)([C@H]2CCC[C@@H]2NC(=O)NC)C1. The molecule has 11 heteroatoms. The maximum atomic E-state index is 12.9. The van der Waals surface area contributed by atoms with Crippen LogP contribution in [0, 0.1) is 17.8 Å². The van der Waals surface area contributed by atoms with Gasteiger partial charge in [0.05, 0.1) is 4.90 Å². The van der Waals surface area contributed by atoms with Crippen molar-refractivity contribution in [3.63, 3.8) is 0 Å². The minimum Gasteiger partial charge on any atom is -0.403 e. The Labute approximate surface area is 286 Å². The molecule has 3 aliphatic heterocycles. The first kappa shape index (κ1) is 34.5. The van der Waals surface area contributed by atoms with Crippen molar-refractivity contribution in [3.05, 3.63) is 70.8 Å². The number of rotatable bonds is 10. The highest BCUT2D eigenvalue weighted by Gasteiger charge is 2.54. The van der Waals surface area contributed by atoms with E-state index in [4.69, 9.17) is 5.73 Å². The Morgan fingerprint density at radius 2 is 1.77 bits per heavy atom. The van der Waals surface area contributed by atoms with E-state index in [1.165, 1.54) is 37.2 Å². The number of nitrogens with zero attached hydrogens (tertiary/aromatic N) is 4. The number of nitrogens with two attached hydrogens (primary N) is 1. The minimum atomic E-state index is -3.69. The molecule has 3 fully saturated rings. The lowest BCUT2D eigenvalue weighted by Gasteiger charge is -2.55. The largest absolute Gasteiger partial charge is 0.403 e. The number of sulfone groups is 1. The predicted molar refractivity (Wildman–Crippen MR) is 193 cm³/mol. The highest BCUT2D eigenvalue weighted by molar-refractivity contribution is 7.96. The number of benzene rings is 2. The lowest BCUT2D eigenvalue weighted by atomic mass is 9.56. The molecular formula is C37H53N7O3S. The normalized spacial score (nSPS) is 26.4. The second-order valence-corrected chi connectivity index (χ2v) is 16.1. The van der Waals surface area contributed by atoms with Gasteiger partial charge >= 0.3 is 6.03 Å². The molecule has 3 heterocycles. The number of fused-ring (bicyclic) bond motifs is 1. The molecule has 1 unspecified atom stereocenters. The predicted octanol–water partition coefficient (Wildman–Crippen LogP) is 3.98. The van der Waals surface area contributed by atoms with E-state index in [1.807, 2.05) is 12.1 Å². The van der Waals surface area contributed by atoms with Gasteiger partial charge in [-0.15, -0.1) is 0 Å². The number of hydrogen-bond acceptors (Lipinski definition) is 8. The van der Waals surface area contributed by atoms with E-state index in [0.717, 1.165) is 83.5 Å². The van der Waals surface area contributed by atoms with E-state index in [2.05, 4.69) is 61.5 Å². The van der Waals surface area contributed by atoms with Gasteiger partial charge in [-0.3, -0.25) is 9.89 Å². The van der Waals surface area contributed by atoms with Gasteiger partial charge in [0, 0.05) is 82.3 Å². The summed E-state index contributed by atoms with van der Waals surface area (Å²) in [6, 6.07) is 16.4. The molecule has 1 saturated carbocycles. The molecule has 1 aliphatic carbocycles. The molecule has 0 radical (unpaired) electrons. The van der Waals surface area contributed by atoms with Crippen LogP contribution in [0.4, 0.5) is 10.5 Å². The quantitative estimate of drug-likeness (QED) is 0.326. The van der Waals surface area contributed by atoms with E-state index in [-0.39, 0.29) is 27.3 Å². The molecule has 6 rings (SSSR count). The molecular weight excluding hydrogens is 623 g/mol. The number of allylic oxidation sites excluding steroid dienone is 1. The average molecular weight is 676 g/mol. The van der Waals surface area contributed by atoms with Crippen LogP contribution in [0.5, 0.6) is 0 Å². The minimum absolute atomic E-state index is 0.00420. The zero-order valence-corrected chi connectivity index (χ0v) is 29.6. The average Bonchev–Trinajstić information content (AvgIpc) is 3.56. The van der Waals surface area contributed by atoms with Crippen LogP contribution in [-0.4, -0.2) is 96.4 Å². The molecule has 3 atom stereocenters. The van der Waals surface area contributed by atoms with E-state index in [0.29, 0.717) is 17.8 Å². The first-order chi connectivity index (χ1) is 23.2. The first-order valence-electron chi connectivity index (χ1n) is 17.7. The Kier molecular flexibility index (Phi) is 10.5. The summed E-state index contributed by atoms with van der Waals surface area (Å²) in [6.07, 6.45) is 8.06.